The van der Waals surface area contributed by atoms with E-state index in [-0.39, 0.29) is 48.3 Å². The predicted octanol–water partition coefficient (Wildman–Crippen LogP) is 5.34. The number of benzene rings is 1. The van der Waals surface area contributed by atoms with Crippen LogP contribution in [0.2, 0.25) is 0 Å². The highest BCUT2D eigenvalue weighted by Gasteiger charge is 2.53. The number of ether oxygens (including phenoxy) is 2. The van der Waals surface area contributed by atoms with Gasteiger partial charge in [0.25, 0.3) is 17.7 Å². The minimum absolute atomic E-state index is 0.0391. The Morgan fingerprint density at radius 1 is 0.969 bits per heavy atom. The zero-order chi connectivity index (χ0) is 44.8. The number of fused-ring (bicyclic) bond motifs is 2. The van der Waals surface area contributed by atoms with Crippen molar-refractivity contribution in [2.45, 2.75) is 108 Å². The number of amides is 4. The van der Waals surface area contributed by atoms with Gasteiger partial charge in [0.05, 0.1) is 56.7 Å². The Balaban J connectivity index is 0.748. The van der Waals surface area contributed by atoms with Gasteiger partial charge in [-0.15, -0.1) is 5.10 Å². The number of aryl methyl sites for hydroxylation is 2. The Morgan fingerprint density at radius 2 is 1.75 bits per heavy atom. The minimum atomic E-state index is -2.89. The summed E-state index contributed by atoms with van der Waals surface area (Å²) in [4.78, 5) is 70.5. The zero-order valence-corrected chi connectivity index (χ0v) is 37.2. The molecule has 2 saturated heterocycles. The maximum absolute atomic E-state index is 13.5. The summed E-state index contributed by atoms with van der Waals surface area (Å²) in [5.41, 5.74) is 3.25. The van der Waals surface area contributed by atoms with Gasteiger partial charge in [-0.2, -0.15) is 0 Å². The highest BCUT2D eigenvalue weighted by molar-refractivity contribution is 7.93. The van der Waals surface area contributed by atoms with Crippen molar-refractivity contribution in [2.75, 3.05) is 38.0 Å². The molecule has 3 aliphatic heterocycles. The van der Waals surface area contributed by atoms with Gasteiger partial charge in [-0.3, -0.25) is 38.4 Å². The molecule has 4 aromatic heterocycles. The lowest BCUT2D eigenvalue weighted by Gasteiger charge is -2.35. The molecule has 3 atom stereocenters. The lowest BCUT2D eigenvalue weighted by atomic mass is 10.0. The first-order valence-electron chi connectivity index (χ1n) is 22.1. The Kier molecular flexibility index (Phi) is 11.8. The van der Waals surface area contributed by atoms with Crippen LogP contribution in [0.25, 0.3) is 22.4 Å². The summed E-state index contributed by atoms with van der Waals surface area (Å²) in [5, 5.41) is 9.45. The smallest absolute Gasteiger partial charge is 0.266 e. The van der Waals surface area contributed by atoms with E-state index in [9.17, 15) is 23.4 Å². The molecule has 5 aromatic rings. The van der Waals surface area contributed by atoms with Crippen LogP contribution in [-0.2, 0) is 48.5 Å². The van der Waals surface area contributed by atoms with E-state index in [4.69, 9.17) is 29.2 Å². The molecule has 1 unspecified atom stereocenters. The molecular weight excluding hydrogens is 839 g/mol. The Morgan fingerprint density at radius 3 is 2.52 bits per heavy atom. The lowest BCUT2D eigenvalue weighted by Crippen LogP contribution is -2.54. The molecule has 3 fully saturated rings. The van der Waals surface area contributed by atoms with Crippen LogP contribution in [0.3, 0.4) is 0 Å². The fraction of sp³-hybridized carbons (Fsp3) is 0.489. The van der Waals surface area contributed by atoms with E-state index in [0.29, 0.717) is 56.4 Å². The first-order chi connectivity index (χ1) is 30.8. The van der Waals surface area contributed by atoms with Crippen molar-refractivity contribution in [3.05, 3.63) is 77.5 Å². The number of carbonyl (C=O) groups is 4. The summed E-state index contributed by atoms with van der Waals surface area (Å²) >= 11 is 0. The topological polar surface area (TPSA) is 212 Å². The third-order valence-electron chi connectivity index (χ3n) is 13.0. The maximum atomic E-state index is 13.5. The number of nitrogens with one attached hydrogen (secondary N) is 1. The quantitative estimate of drug-likeness (QED) is 0.0924. The number of hydrogen-bond donors (Lipinski definition) is 1. The maximum Gasteiger partial charge on any atom is 0.266 e. The molecule has 64 heavy (non-hydrogen) atoms. The summed E-state index contributed by atoms with van der Waals surface area (Å²) < 4.78 is 36.7. The summed E-state index contributed by atoms with van der Waals surface area (Å²) in [5.74, 6) is -0.553. The molecule has 0 bridgehead atoms. The first-order valence-corrected chi connectivity index (χ1v) is 24.1. The van der Waals surface area contributed by atoms with Crippen LogP contribution in [0, 0.1) is 4.78 Å². The average Bonchev–Trinajstić information content (AvgIpc) is 3.74. The Labute approximate surface area is 371 Å². The van der Waals surface area contributed by atoms with E-state index in [1.54, 1.807) is 23.0 Å². The van der Waals surface area contributed by atoms with Gasteiger partial charge < -0.3 is 18.9 Å². The minimum Gasteiger partial charge on any atom is -0.486 e. The van der Waals surface area contributed by atoms with Gasteiger partial charge >= 0.3 is 0 Å². The molecule has 0 spiro atoms. The van der Waals surface area contributed by atoms with Crippen molar-refractivity contribution < 1.29 is 32.9 Å². The molecule has 1 N–H and O–H groups in total. The summed E-state index contributed by atoms with van der Waals surface area (Å²) in [6.07, 6.45) is 15.0. The van der Waals surface area contributed by atoms with Gasteiger partial charge in [0, 0.05) is 68.8 Å². The molecule has 7 heterocycles. The van der Waals surface area contributed by atoms with Crippen LogP contribution in [0.4, 0.5) is 5.82 Å². The summed E-state index contributed by atoms with van der Waals surface area (Å²) in [7, 11) is -1.53. The standard InChI is InChI=1S/C45H53N11O7S/c1-29-27-62-24-23-55(29)37-25-36(45(17-18-45)64(3,46)61)48-40(49-37)31-15-19-47-41-32(31)16-22-53(41)20-8-6-4-5-7-9-21-54-26-30(50-51-54)28-63-35-12-10-11-33-39(35)44(60)56(42(33)58)34-13-14-38(57)52(2)43(34)59/h10-12,15-16,19,22,25-26,29,34,46H,4-9,13-14,17-18,20-21,23-24,27-28H2,1-3H3/t29-,34?,64-/m1/s1. The van der Waals surface area contributed by atoms with Crippen LogP contribution in [-0.4, -0.2) is 117 Å². The van der Waals surface area contributed by atoms with E-state index < -0.39 is 38.2 Å². The molecule has 1 saturated carbocycles. The second-order valence-corrected chi connectivity index (χ2v) is 19.9. The highest BCUT2D eigenvalue weighted by Crippen LogP contribution is 2.53. The number of nitrogens with zero attached hydrogens (tertiary/aromatic N) is 10. The molecule has 4 aliphatic rings. The molecule has 4 amide bonds. The van der Waals surface area contributed by atoms with Crippen molar-refractivity contribution in [1.29, 1.82) is 4.78 Å². The van der Waals surface area contributed by atoms with Crippen LogP contribution in [0.15, 0.2) is 55.0 Å². The molecule has 18 nitrogen and oxygen atoms in total. The number of imide groups is 2. The van der Waals surface area contributed by atoms with Gasteiger partial charge in [0.2, 0.25) is 5.91 Å². The van der Waals surface area contributed by atoms with Crippen LogP contribution in [0.1, 0.15) is 103 Å². The van der Waals surface area contributed by atoms with Gasteiger partial charge in [-0.1, -0.05) is 37.0 Å². The fourth-order valence-corrected chi connectivity index (χ4v) is 10.6. The van der Waals surface area contributed by atoms with E-state index in [0.717, 1.165) is 77.3 Å². The average molecular weight is 892 g/mol. The SMILES string of the molecule is C[C@@H]1COCCN1c1cc(C2([S@](C)(=N)=O)CC2)nc(-c2ccnc3c2ccn3CCCCCCCCn2cc(COc3cccc4c3C(=O)N(C3CCC(=O)N(C)C3=O)C4=O)nn2)n1. The van der Waals surface area contributed by atoms with Gasteiger partial charge in [0.15, 0.2) is 5.82 Å². The molecule has 0 radical (unpaired) electrons. The van der Waals surface area contributed by atoms with E-state index in [2.05, 4.69) is 39.0 Å². The second kappa shape index (κ2) is 17.5. The number of piperidine rings is 1. The van der Waals surface area contributed by atoms with Crippen molar-refractivity contribution >= 4 is 50.2 Å². The highest BCUT2D eigenvalue weighted by atomic mass is 32.2. The fourth-order valence-electron chi connectivity index (χ4n) is 9.17. The molecule has 1 aromatic carbocycles. The van der Waals surface area contributed by atoms with Gasteiger partial charge in [0.1, 0.15) is 35.6 Å². The largest absolute Gasteiger partial charge is 0.486 e. The number of likely N-dealkylation sites (N-methyl/N-ethyl adjacent to an activating group) is 1. The van der Waals surface area contributed by atoms with Crippen LogP contribution < -0.4 is 9.64 Å². The third-order valence-corrected chi connectivity index (χ3v) is 15.1. The normalized spacial score (nSPS) is 20.6. The van der Waals surface area contributed by atoms with E-state index >= 15 is 0 Å². The second-order valence-electron chi connectivity index (χ2n) is 17.4. The van der Waals surface area contributed by atoms with Crippen LogP contribution >= 0.6 is 0 Å². The van der Waals surface area contributed by atoms with Gasteiger partial charge in [-0.25, -0.2) is 19.2 Å². The predicted molar refractivity (Wildman–Crippen MR) is 236 cm³/mol. The molecule has 1 aliphatic carbocycles. The number of unbranched alkanes of at least 4 members (excludes halogenated alkanes) is 5. The van der Waals surface area contributed by atoms with Crippen LogP contribution in [0.5, 0.6) is 5.75 Å². The van der Waals surface area contributed by atoms with Crippen molar-refractivity contribution in [2.24, 2.45) is 0 Å². The first kappa shape index (κ1) is 43.2. The monoisotopic (exact) mass is 891 g/mol. The number of morpholine rings is 1. The van der Waals surface area contributed by atoms with Crippen molar-refractivity contribution in [3.63, 3.8) is 0 Å². The van der Waals surface area contributed by atoms with Crippen molar-refractivity contribution in [1.82, 2.24) is 44.3 Å². The lowest BCUT2D eigenvalue weighted by molar-refractivity contribution is -0.149. The summed E-state index contributed by atoms with van der Waals surface area (Å²) in [6, 6.07) is 9.82. The molecular formula is C45H53N11O7S. The summed E-state index contributed by atoms with van der Waals surface area (Å²) in [6.45, 7) is 5.58. The number of carbonyl (C=O) groups excluding carboxylic acids is 4. The third kappa shape index (κ3) is 8.14. The zero-order valence-electron chi connectivity index (χ0n) is 36.4. The number of hydrogen-bond acceptors (Lipinski definition) is 14. The Bertz CT molecular complexity index is 2750. The van der Waals surface area contributed by atoms with E-state index in [1.807, 2.05) is 18.3 Å². The number of rotatable bonds is 17. The van der Waals surface area contributed by atoms with Gasteiger partial charge in [-0.05, 0) is 63.3 Å². The Hall–Kier alpha value is -6.08. The number of likely N-dealkylation sites (tertiary alicyclic amines) is 1. The molecule has 9 rings (SSSR count). The molecule has 336 valence electrons. The molecule has 19 heteroatoms. The number of pyridine rings is 1. The van der Waals surface area contributed by atoms with E-state index in [1.165, 1.54) is 19.4 Å². The number of anilines is 1. The van der Waals surface area contributed by atoms with Crippen molar-refractivity contribution in [3.8, 4) is 17.1 Å². The number of aromatic nitrogens is 7.